The Balaban J connectivity index is 0.00000117. The fourth-order valence-corrected chi connectivity index (χ4v) is 4.12. The third-order valence-corrected chi connectivity index (χ3v) is 6.07. The summed E-state index contributed by atoms with van der Waals surface area (Å²) in [6, 6.07) is 5.87. The molecule has 0 unspecified atom stereocenters. The summed E-state index contributed by atoms with van der Waals surface area (Å²) < 4.78 is 31.9. The van der Waals surface area contributed by atoms with Gasteiger partial charge in [-0.25, -0.2) is 13.2 Å². The van der Waals surface area contributed by atoms with Crippen LogP contribution in [0.2, 0.25) is 0 Å². The van der Waals surface area contributed by atoms with Gasteiger partial charge in [0.25, 0.3) is 0 Å². The summed E-state index contributed by atoms with van der Waals surface area (Å²) in [5.74, 6) is -0.147. The molecule has 0 spiro atoms. The Bertz CT molecular complexity index is 957. The number of ketones is 1. The fourth-order valence-electron chi connectivity index (χ4n) is 2.67. The minimum atomic E-state index is -3.93. The van der Waals surface area contributed by atoms with E-state index in [0.29, 0.717) is 37.1 Å². The number of carbonyl (C=O) groups is 1. The van der Waals surface area contributed by atoms with Gasteiger partial charge in [0, 0.05) is 37.1 Å². The molecule has 0 saturated carbocycles. The zero-order valence-corrected chi connectivity index (χ0v) is 16.3. The summed E-state index contributed by atoms with van der Waals surface area (Å²) >= 11 is 0. The summed E-state index contributed by atoms with van der Waals surface area (Å²) in [6.07, 6.45) is 0. The first-order chi connectivity index (χ1) is 12.3. The predicted octanol–water partition coefficient (Wildman–Crippen LogP) is 1.96. The number of likely N-dealkylation sites (N-methyl/N-ethyl adjacent to an activating group) is 1. The largest absolute Gasteiger partial charge is 0.422 e. The number of piperazine rings is 1. The lowest BCUT2D eigenvalue weighted by Crippen LogP contribution is -2.47. The van der Waals surface area contributed by atoms with Crippen LogP contribution in [0.15, 0.2) is 38.4 Å². The molecule has 0 aliphatic carbocycles. The highest BCUT2D eigenvalue weighted by Gasteiger charge is 2.30. The standard InChI is InChI=1S/C16H18N2O5S.C2H6/c1-11(19)12-3-4-14-13(9-12)10-15(16(20)23-14)24(21,22)18-7-5-17(2)6-8-18;1-2/h3-4,9-10H,5-8H2,1-2H3;1-2H3. The van der Waals surface area contributed by atoms with E-state index in [1.54, 1.807) is 6.07 Å². The van der Waals surface area contributed by atoms with Crippen LogP contribution in [-0.4, -0.2) is 56.6 Å². The zero-order chi connectivity index (χ0) is 19.5. The molecule has 142 valence electrons. The van der Waals surface area contributed by atoms with Gasteiger partial charge in [0.05, 0.1) is 0 Å². The van der Waals surface area contributed by atoms with E-state index in [-0.39, 0.29) is 16.3 Å². The van der Waals surface area contributed by atoms with Gasteiger partial charge in [-0.3, -0.25) is 4.79 Å². The average Bonchev–Trinajstić information content (AvgIpc) is 2.62. The summed E-state index contributed by atoms with van der Waals surface area (Å²) in [7, 11) is -2.01. The van der Waals surface area contributed by atoms with Crippen molar-refractivity contribution < 1.29 is 17.6 Å². The molecule has 0 radical (unpaired) electrons. The van der Waals surface area contributed by atoms with Crippen LogP contribution >= 0.6 is 0 Å². The lowest BCUT2D eigenvalue weighted by Gasteiger charge is -2.31. The van der Waals surface area contributed by atoms with Gasteiger partial charge in [-0.15, -0.1) is 0 Å². The lowest BCUT2D eigenvalue weighted by atomic mass is 10.1. The van der Waals surface area contributed by atoms with Crippen molar-refractivity contribution in [2.45, 2.75) is 25.7 Å². The number of sulfonamides is 1. The molecule has 0 atom stereocenters. The minimum absolute atomic E-state index is 0.147. The number of hydrogen-bond donors (Lipinski definition) is 0. The van der Waals surface area contributed by atoms with Crippen molar-refractivity contribution >= 4 is 26.8 Å². The minimum Gasteiger partial charge on any atom is -0.422 e. The van der Waals surface area contributed by atoms with Gasteiger partial charge in [-0.05, 0) is 38.2 Å². The van der Waals surface area contributed by atoms with E-state index in [4.69, 9.17) is 4.42 Å². The number of fused-ring (bicyclic) bond motifs is 1. The molecule has 0 amide bonds. The van der Waals surface area contributed by atoms with E-state index in [0.717, 1.165) is 0 Å². The number of hydrogen-bond acceptors (Lipinski definition) is 6. The smallest absolute Gasteiger partial charge is 0.356 e. The van der Waals surface area contributed by atoms with Crippen molar-refractivity contribution in [2.75, 3.05) is 33.2 Å². The summed E-state index contributed by atoms with van der Waals surface area (Å²) in [6.45, 7) is 7.27. The maximum Gasteiger partial charge on any atom is 0.356 e. The summed E-state index contributed by atoms with van der Waals surface area (Å²) in [5.41, 5.74) is -0.210. The number of benzene rings is 1. The molecular formula is C18H24N2O5S. The van der Waals surface area contributed by atoms with Gasteiger partial charge in [0.1, 0.15) is 5.58 Å². The molecular weight excluding hydrogens is 356 g/mol. The van der Waals surface area contributed by atoms with Crippen molar-refractivity contribution in [3.63, 3.8) is 0 Å². The Morgan fingerprint density at radius 3 is 2.27 bits per heavy atom. The topological polar surface area (TPSA) is 87.9 Å². The summed E-state index contributed by atoms with van der Waals surface area (Å²) in [4.78, 5) is 25.3. The van der Waals surface area contributed by atoms with Crippen LogP contribution in [-0.2, 0) is 10.0 Å². The third kappa shape index (κ3) is 4.03. The van der Waals surface area contributed by atoms with Crippen LogP contribution in [0.1, 0.15) is 31.1 Å². The second kappa shape index (κ2) is 8.11. The first kappa shape index (κ1) is 20.3. The molecule has 1 saturated heterocycles. The third-order valence-electron chi connectivity index (χ3n) is 4.19. The average molecular weight is 380 g/mol. The van der Waals surface area contributed by atoms with E-state index >= 15 is 0 Å². The number of nitrogens with zero attached hydrogens (tertiary/aromatic N) is 2. The second-order valence-electron chi connectivity index (χ2n) is 5.91. The number of carbonyl (C=O) groups excluding carboxylic acids is 1. The molecule has 1 fully saturated rings. The van der Waals surface area contributed by atoms with Gasteiger partial charge in [-0.1, -0.05) is 13.8 Å². The van der Waals surface area contributed by atoms with Crippen molar-refractivity contribution in [1.82, 2.24) is 9.21 Å². The van der Waals surface area contributed by atoms with Crippen molar-refractivity contribution in [3.8, 4) is 0 Å². The highest BCUT2D eigenvalue weighted by molar-refractivity contribution is 7.89. The van der Waals surface area contributed by atoms with Gasteiger partial charge >= 0.3 is 5.63 Å². The van der Waals surface area contributed by atoms with Crippen LogP contribution in [0.25, 0.3) is 11.0 Å². The Morgan fingerprint density at radius 1 is 1.08 bits per heavy atom. The molecule has 2 heterocycles. The molecule has 7 nitrogen and oxygen atoms in total. The van der Waals surface area contributed by atoms with E-state index in [9.17, 15) is 18.0 Å². The quantitative estimate of drug-likeness (QED) is 0.597. The first-order valence-electron chi connectivity index (χ1n) is 8.56. The van der Waals surface area contributed by atoms with Crippen LogP contribution in [0, 0.1) is 0 Å². The van der Waals surface area contributed by atoms with Crippen LogP contribution in [0.3, 0.4) is 0 Å². The number of rotatable bonds is 3. The molecule has 0 bridgehead atoms. The number of Topliss-reactive ketones (excluding diaryl/α,β-unsaturated/α-hetero) is 1. The molecule has 26 heavy (non-hydrogen) atoms. The summed E-state index contributed by atoms with van der Waals surface area (Å²) in [5, 5.41) is 0.412. The second-order valence-corrected chi connectivity index (χ2v) is 7.82. The predicted molar refractivity (Wildman–Crippen MR) is 100 cm³/mol. The molecule has 3 rings (SSSR count). The monoisotopic (exact) mass is 380 g/mol. The Hall–Kier alpha value is -2.03. The molecule has 8 heteroatoms. The molecule has 1 aliphatic rings. The fraction of sp³-hybridized carbons (Fsp3) is 0.444. The van der Waals surface area contributed by atoms with Crippen LogP contribution in [0.5, 0.6) is 0 Å². The molecule has 1 aliphatic heterocycles. The maximum absolute atomic E-state index is 12.8. The van der Waals surface area contributed by atoms with Gasteiger partial charge < -0.3 is 9.32 Å². The van der Waals surface area contributed by atoms with Gasteiger partial charge in [0.2, 0.25) is 10.0 Å². The van der Waals surface area contributed by atoms with Gasteiger partial charge in [0.15, 0.2) is 10.7 Å². The molecule has 2 aromatic rings. The Kier molecular flexibility index (Phi) is 6.33. The van der Waals surface area contributed by atoms with Crippen LogP contribution in [0.4, 0.5) is 0 Å². The Labute approximate surface area is 153 Å². The maximum atomic E-state index is 12.8. The van der Waals surface area contributed by atoms with Crippen LogP contribution < -0.4 is 5.63 Å². The molecule has 1 aromatic heterocycles. The lowest BCUT2D eigenvalue weighted by molar-refractivity contribution is 0.101. The van der Waals surface area contributed by atoms with E-state index in [1.165, 1.54) is 29.4 Å². The van der Waals surface area contributed by atoms with E-state index in [2.05, 4.69) is 0 Å². The highest BCUT2D eigenvalue weighted by atomic mass is 32.2. The van der Waals surface area contributed by atoms with Crippen molar-refractivity contribution in [2.24, 2.45) is 0 Å². The van der Waals surface area contributed by atoms with Gasteiger partial charge in [-0.2, -0.15) is 4.31 Å². The van der Waals surface area contributed by atoms with Crippen molar-refractivity contribution in [1.29, 1.82) is 0 Å². The SMILES string of the molecule is CC.CC(=O)c1ccc2oc(=O)c(S(=O)(=O)N3CCN(C)CC3)cc2c1. The molecule has 0 N–H and O–H groups in total. The highest BCUT2D eigenvalue weighted by Crippen LogP contribution is 2.21. The zero-order valence-electron chi connectivity index (χ0n) is 15.5. The Morgan fingerprint density at radius 2 is 1.69 bits per heavy atom. The normalized spacial score (nSPS) is 16.2. The molecule has 1 aromatic carbocycles. The van der Waals surface area contributed by atoms with E-state index in [1.807, 2.05) is 25.8 Å². The first-order valence-corrected chi connectivity index (χ1v) is 10.0. The van der Waals surface area contributed by atoms with E-state index < -0.39 is 15.6 Å². The van der Waals surface area contributed by atoms with Crippen molar-refractivity contribution in [3.05, 3.63) is 40.2 Å².